The van der Waals surface area contributed by atoms with Crippen molar-refractivity contribution in [1.29, 1.82) is 0 Å². The molecule has 1 saturated heterocycles. The van der Waals surface area contributed by atoms with Crippen LogP contribution < -0.4 is 5.73 Å². The minimum atomic E-state index is -0.614. The third-order valence-corrected chi connectivity index (χ3v) is 3.47. The van der Waals surface area contributed by atoms with Gasteiger partial charge in [-0.1, -0.05) is 37.3 Å². The number of nitrogens with two attached hydrogens (primary N) is 1. The maximum atomic E-state index is 11.6. The first-order valence-electron chi connectivity index (χ1n) is 6.27. The van der Waals surface area contributed by atoms with Gasteiger partial charge in [0.2, 0.25) is 6.29 Å². The van der Waals surface area contributed by atoms with Gasteiger partial charge in [0.1, 0.15) is 6.04 Å². The van der Waals surface area contributed by atoms with Crippen molar-refractivity contribution >= 4 is 5.97 Å². The van der Waals surface area contributed by atoms with Gasteiger partial charge in [-0.2, -0.15) is 0 Å². The number of carbonyl (C=O) groups excluding carboxylic acids is 1. The predicted octanol–water partition coefficient (Wildman–Crippen LogP) is 1.65. The lowest BCUT2D eigenvalue weighted by Crippen LogP contribution is -2.37. The van der Waals surface area contributed by atoms with E-state index in [0.717, 1.165) is 5.56 Å². The molecule has 1 aromatic rings. The van der Waals surface area contributed by atoms with Gasteiger partial charge >= 0.3 is 5.97 Å². The molecule has 4 heteroatoms. The van der Waals surface area contributed by atoms with Crippen molar-refractivity contribution in [2.24, 2.45) is 11.7 Å². The van der Waals surface area contributed by atoms with E-state index in [0.29, 0.717) is 6.61 Å². The Labute approximate surface area is 107 Å². The molecule has 0 aliphatic carbocycles. The van der Waals surface area contributed by atoms with Crippen LogP contribution >= 0.6 is 0 Å². The monoisotopic (exact) mass is 249 g/mol. The summed E-state index contributed by atoms with van der Waals surface area (Å²) in [6.45, 7) is 4.43. The van der Waals surface area contributed by atoms with Crippen molar-refractivity contribution in [2.45, 2.75) is 32.1 Å². The molecule has 4 nitrogen and oxygen atoms in total. The number of carbonyl (C=O) groups is 1. The molecule has 0 aromatic heterocycles. The molecule has 0 radical (unpaired) electrons. The lowest BCUT2D eigenvalue weighted by Gasteiger charge is -2.25. The van der Waals surface area contributed by atoms with Gasteiger partial charge in [-0.05, 0) is 18.4 Å². The Morgan fingerprint density at radius 3 is 2.67 bits per heavy atom. The fraction of sp³-hybridized carbons (Fsp3) is 0.500. The Bertz CT molecular complexity index is 407. The van der Waals surface area contributed by atoms with Gasteiger partial charge in [0, 0.05) is 6.61 Å². The lowest BCUT2D eigenvalue weighted by molar-refractivity contribution is -0.167. The first-order valence-corrected chi connectivity index (χ1v) is 6.27. The van der Waals surface area contributed by atoms with Gasteiger partial charge < -0.3 is 15.2 Å². The Hall–Kier alpha value is -1.39. The second kappa shape index (κ2) is 5.50. The molecule has 2 rings (SSSR count). The zero-order valence-electron chi connectivity index (χ0n) is 10.7. The molecule has 1 aliphatic heterocycles. The van der Waals surface area contributed by atoms with E-state index in [4.69, 9.17) is 15.2 Å². The highest BCUT2D eigenvalue weighted by Crippen LogP contribution is 2.35. The fourth-order valence-electron chi connectivity index (χ4n) is 2.43. The summed E-state index contributed by atoms with van der Waals surface area (Å²) in [5, 5.41) is 0. The van der Waals surface area contributed by atoms with Crippen LogP contribution in [0.25, 0.3) is 0 Å². The van der Waals surface area contributed by atoms with Gasteiger partial charge in [-0.15, -0.1) is 0 Å². The fourth-order valence-corrected chi connectivity index (χ4v) is 2.43. The Kier molecular flexibility index (Phi) is 3.99. The Morgan fingerprint density at radius 1 is 1.39 bits per heavy atom. The molecule has 1 fully saturated rings. The van der Waals surface area contributed by atoms with Crippen molar-refractivity contribution < 1.29 is 14.3 Å². The summed E-state index contributed by atoms with van der Waals surface area (Å²) < 4.78 is 10.7. The minimum absolute atomic E-state index is 0.115. The molecule has 0 spiro atoms. The summed E-state index contributed by atoms with van der Waals surface area (Å²) in [4.78, 5) is 11.6. The molecule has 1 heterocycles. The van der Waals surface area contributed by atoms with Crippen molar-refractivity contribution in [2.75, 3.05) is 6.61 Å². The largest absolute Gasteiger partial charge is 0.434 e. The third-order valence-electron chi connectivity index (χ3n) is 3.47. The third kappa shape index (κ3) is 2.40. The van der Waals surface area contributed by atoms with E-state index < -0.39 is 12.3 Å². The van der Waals surface area contributed by atoms with E-state index in [2.05, 4.69) is 0 Å². The predicted molar refractivity (Wildman–Crippen MR) is 67.8 cm³/mol. The standard InChI is InChI=1S/C14H19NO3/c1-3-17-14-11(12(15)13(16)18-14)9(2)10-7-5-4-6-8-10/h4-9,11-12,14H,3,15H2,1-2H3/t9-,11?,12?,14?/m0/s1. The molecule has 0 amide bonds. The van der Waals surface area contributed by atoms with Gasteiger partial charge in [-0.25, -0.2) is 0 Å². The van der Waals surface area contributed by atoms with E-state index in [1.54, 1.807) is 0 Å². The molecule has 2 N–H and O–H groups in total. The van der Waals surface area contributed by atoms with Crippen LogP contribution in [0.2, 0.25) is 0 Å². The quantitative estimate of drug-likeness (QED) is 0.824. The maximum Gasteiger partial charge on any atom is 0.325 e. The first kappa shape index (κ1) is 13.1. The molecule has 4 atom stereocenters. The molecule has 1 aliphatic rings. The topological polar surface area (TPSA) is 61.5 Å². The summed E-state index contributed by atoms with van der Waals surface area (Å²) in [6.07, 6.45) is -0.535. The van der Waals surface area contributed by atoms with Crippen LogP contribution in [0.1, 0.15) is 25.3 Å². The van der Waals surface area contributed by atoms with E-state index in [1.165, 1.54) is 0 Å². The van der Waals surface area contributed by atoms with Crippen LogP contribution in [0, 0.1) is 5.92 Å². The van der Waals surface area contributed by atoms with Gasteiger partial charge in [0.05, 0.1) is 5.92 Å². The minimum Gasteiger partial charge on any atom is -0.434 e. The highest BCUT2D eigenvalue weighted by Gasteiger charge is 2.46. The average molecular weight is 249 g/mol. The van der Waals surface area contributed by atoms with E-state index >= 15 is 0 Å². The molecular weight excluding hydrogens is 230 g/mol. The first-order chi connectivity index (χ1) is 8.65. The summed E-state index contributed by atoms with van der Waals surface area (Å²) in [5.41, 5.74) is 7.07. The number of rotatable bonds is 4. The normalized spacial score (nSPS) is 29.1. The van der Waals surface area contributed by atoms with Crippen molar-refractivity contribution in [1.82, 2.24) is 0 Å². The van der Waals surface area contributed by atoms with Gasteiger partial charge in [0.15, 0.2) is 0 Å². The highest BCUT2D eigenvalue weighted by molar-refractivity contribution is 5.78. The summed E-state index contributed by atoms with van der Waals surface area (Å²) in [5.74, 6) is -0.398. The van der Waals surface area contributed by atoms with E-state index in [-0.39, 0.29) is 17.8 Å². The molecular formula is C14H19NO3. The van der Waals surface area contributed by atoms with E-state index in [1.807, 2.05) is 44.2 Å². The molecule has 3 unspecified atom stereocenters. The molecule has 18 heavy (non-hydrogen) atoms. The number of hydrogen-bond acceptors (Lipinski definition) is 4. The van der Waals surface area contributed by atoms with Crippen LogP contribution in [0.5, 0.6) is 0 Å². The lowest BCUT2D eigenvalue weighted by atomic mass is 9.83. The Balaban J connectivity index is 2.21. The number of cyclic esters (lactones) is 1. The van der Waals surface area contributed by atoms with Crippen LogP contribution in [0.3, 0.4) is 0 Å². The summed E-state index contributed by atoms with van der Waals surface area (Å²) in [7, 11) is 0. The zero-order chi connectivity index (χ0) is 13.1. The van der Waals surface area contributed by atoms with Crippen LogP contribution in [-0.4, -0.2) is 24.9 Å². The summed E-state index contributed by atoms with van der Waals surface area (Å²) >= 11 is 0. The van der Waals surface area contributed by atoms with Crippen LogP contribution in [0.4, 0.5) is 0 Å². The second-order valence-corrected chi connectivity index (χ2v) is 4.56. The van der Waals surface area contributed by atoms with Crippen LogP contribution in [-0.2, 0) is 14.3 Å². The number of ether oxygens (including phenoxy) is 2. The second-order valence-electron chi connectivity index (χ2n) is 4.56. The number of esters is 1. The SMILES string of the molecule is CCOC1OC(=O)C(N)C1[C@@H](C)c1ccccc1. The van der Waals surface area contributed by atoms with Crippen molar-refractivity contribution in [3.05, 3.63) is 35.9 Å². The van der Waals surface area contributed by atoms with Gasteiger partial charge in [-0.3, -0.25) is 4.79 Å². The van der Waals surface area contributed by atoms with Crippen LogP contribution in [0.15, 0.2) is 30.3 Å². The summed E-state index contributed by atoms with van der Waals surface area (Å²) in [6, 6.07) is 9.37. The van der Waals surface area contributed by atoms with Crippen molar-refractivity contribution in [3.8, 4) is 0 Å². The average Bonchev–Trinajstić information content (AvgIpc) is 2.66. The Morgan fingerprint density at radius 2 is 2.06 bits per heavy atom. The van der Waals surface area contributed by atoms with E-state index in [9.17, 15) is 4.79 Å². The smallest absolute Gasteiger partial charge is 0.325 e. The molecule has 98 valence electrons. The zero-order valence-corrected chi connectivity index (χ0v) is 10.7. The molecule has 0 bridgehead atoms. The van der Waals surface area contributed by atoms with Gasteiger partial charge in [0.25, 0.3) is 0 Å². The number of hydrogen-bond donors (Lipinski definition) is 1. The number of benzene rings is 1. The highest BCUT2D eigenvalue weighted by atomic mass is 16.7. The van der Waals surface area contributed by atoms with Crippen molar-refractivity contribution in [3.63, 3.8) is 0 Å². The molecule has 1 aromatic carbocycles. The maximum absolute atomic E-state index is 11.6. The molecule has 0 saturated carbocycles.